The van der Waals surface area contributed by atoms with Crippen LogP contribution in [0.3, 0.4) is 0 Å². The molecule has 2 aliphatic carbocycles. The Bertz CT molecular complexity index is 198. The zero-order valence-electron chi connectivity index (χ0n) is 11.2. The quantitative estimate of drug-likeness (QED) is 0.770. The Morgan fingerprint density at radius 3 is 2.12 bits per heavy atom. The van der Waals surface area contributed by atoms with Gasteiger partial charge >= 0.3 is 0 Å². The van der Waals surface area contributed by atoms with Crippen LogP contribution < -0.4 is 5.73 Å². The number of hydrogen-bond acceptors (Lipinski definition) is 2. The Kier molecular flexibility index (Phi) is 6.83. The van der Waals surface area contributed by atoms with Gasteiger partial charge in [0, 0.05) is 19.1 Å². The standard InChI is InChI=1S/C14H28N2.ClH/c1-16(14(10-15)13-8-9-13)11-12-6-4-2-3-5-7-12;/h12-14H,2-11,15H2,1H3;1H. The van der Waals surface area contributed by atoms with Gasteiger partial charge in [-0.05, 0) is 44.6 Å². The van der Waals surface area contributed by atoms with Crippen molar-refractivity contribution in [1.29, 1.82) is 0 Å². The fourth-order valence-electron chi connectivity index (χ4n) is 3.30. The Morgan fingerprint density at radius 2 is 1.65 bits per heavy atom. The minimum absolute atomic E-state index is 0. The smallest absolute Gasteiger partial charge is 0.0243 e. The van der Waals surface area contributed by atoms with Crippen molar-refractivity contribution in [2.24, 2.45) is 17.6 Å². The minimum atomic E-state index is 0. The zero-order valence-corrected chi connectivity index (χ0v) is 12.1. The van der Waals surface area contributed by atoms with E-state index in [1.807, 2.05) is 0 Å². The van der Waals surface area contributed by atoms with E-state index in [0.717, 1.165) is 18.4 Å². The summed E-state index contributed by atoms with van der Waals surface area (Å²) in [6.07, 6.45) is 11.6. The molecule has 2 saturated carbocycles. The summed E-state index contributed by atoms with van der Waals surface area (Å²) in [7, 11) is 2.29. The Labute approximate surface area is 113 Å². The predicted octanol–water partition coefficient (Wildman–Crippen LogP) is 3.05. The molecular formula is C14H29ClN2. The fraction of sp³-hybridized carbons (Fsp3) is 1.00. The van der Waals surface area contributed by atoms with E-state index in [1.165, 1.54) is 57.9 Å². The molecule has 0 spiro atoms. The average Bonchev–Trinajstić information content (AvgIpc) is 3.06. The first-order chi connectivity index (χ1) is 7.81. The molecule has 0 amide bonds. The number of halogens is 1. The average molecular weight is 261 g/mol. The third-order valence-electron chi connectivity index (χ3n) is 4.49. The summed E-state index contributed by atoms with van der Waals surface area (Å²) in [5.74, 6) is 1.86. The third-order valence-corrected chi connectivity index (χ3v) is 4.49. The highest BCUT2D eigenvalue weighted by Crippen LogP contribution is 2.35. The Hall–Kier alpha value is 0.210. The van der Waals surface area contributed by atoms with Crippen LogP contribution in [0.4, 0.5) is 0 Å². The van der Waals surface area contributed by atoms with Gasteiger partial charge in [0.2, 0.25) is 0 Å². The molecule has 0 aromatic rings. The van der Waals surface area contributed by atoms with E-state index in [0.29, 0.717) is 6.04 Å². The molecular weight excluding hydrogens is 232 g/mol. The molecule has 0 aliphatic heterocycles. The summed E-state index contributed by atoms with van der Waals surface area (Å²) in [6.45, 7) is 2.15. The van der Waals surface area contributed by atoms with Crippen molar-refractivity contribution in [2.75, 3.05) is 20.1 Å². The van der Waals surface area contributed by atoms with Gasteiger partial charge in [0.25, 0.3) is 0 Å². The molecule has 0 heterocycles. The van der Waals surface area contributed by atoms with Gasteiger partial charge in [-0.1, -0.05) is 25.7 Å². The van der Waals surface area contributed by atoms with Crippen LogP contribution in [0.2, 0.25) is 0 Å². The molecule has 17 heavy (non-hydrogen) atoms. The highest BCUT2D eigenvalue weighted by atomic mass is 35.5. The van der Waals surface area contributed by atoms with Crippen molar-refractivity contribution in [1.82, 2.24) is 4.90 Å². The van der Waals surface area contributed by atoms with Crippen LogP contribution in [0.15, 0.2) is 0 Å². The summed E-state index contributed by atoms with van der Waals surface area (Å²) in [5.41, 5.74) is 5.91. The highest BCUT2D eigenvalue weighted by molar-refractivity contribution is 5.85. The molecule has 2 fully saturated rings. The van der Waals surface area contributed by atoms with Gasteiger partial charge in [-0.3, -0.25) is 0 Å². The number of rotatable bonds is 5. The molecule has 3 heteroatoms. The molecule has 0 bridgehead atoms. The maximum absolute atomic E-state index is 5.91. The molecule has 1 atom stereocenters. The highest BCUT2D eigenvalue weighted by Gasteiger charge is 2.33. The molecule has 2 nitrogen and oxygen atoms in total. The SMILES string of the molecule is CN(CC1CCCCCC1)C(CN)C1CC1.Cl. The summed E-state index contributed by atoms with van der Waals surface area (Å²) in [4.78, 5) is 2.56. The van der Waals surface area contributed by atoms with E-state index in [2.05, 4.69) is 11.9 Å². The van der Waals surface area contributed by atoms with Crippen molar-refractivity contribution < 1.29 is 0 Å². The minimum Gasteiger partial charge on any atom is -0.329 e. The van der Waals surface area contributed by atoms with Crippen LogP contribution in [0, 0.1) is 11.8 Å². The number of nitrogens with zero attached hydrogens (tertiary/aromatic N) is 1. The van der Waals surface area contributed by atoms with Crippen molar-refractivity contribution in [3.8, 4) is 0 Å². The molecule has 0 radical (unpaired) electrons. The number of nitrogens with two attached hydrogens (primary N) is 1. The van der Waals surface area contributed by atoms with E-state index in [-0.39, 0.29) is 12.4 Å². The van der Waals surface area contributed by atoms with Crippen LogP contribution in [0.1, 0.15) is 51.4 Å². The van der Waals surface area contributed by atoms with E-state index in [9.17, 15) is 0 Å². The molecule has 2 aliphatic rings. The maximum Gasteiger partial charge on any atom is 0.0243 e. The fourth-order valence-corrected chi connectivity index (χ4v) is 3.30. The molecule has 1 unspecified atom stereocenters. The number of likely N-dealkylation sites (N-methyl/N-ethyl adjacent to an activating group) is 1. The summed E-state index contributed by atoms with van der Waals surface area (Å²) in [5, 5.41) is 0. The van der Waals surface area contributed by atoms with Gasteiger partial charge in [0.1, 0.15) is 0 Å². The van der Waals surface area contributed by atoms with Crippen molar-refractivity contribution in [3.63, 3.8) is 0 Å². The molecule has 2 rings (SSSR count). The lowest BCUT2D eigenvalue weighted by Gasteiger charge is -2.30. The molecule has 0 saturated heterocycles. The van der Waals surface area contributed by atoms with Gasteiger partial charge in [-0.15, -0.1) is 12.4 Å². The van der Waals surface area contributed by atoms with E-state index < -0.39 is 0 Å². The lowest BCUT2D eigenvalue weighted by atomic mass is 9.98. The Balaban J connectivity index is 0.00000144. The topological polar surface area (TPSA) is 29.3 Å². The molecule has 102 valence electrons. The zero-order chi connectivity index (χ0) is 11.4. The van der Waals surface area contributed by atoms with E-state index >= 15 is 0 Å². The van der Waals surface area contributed by atoms with Crippen LogP contribution in [0.25, 0.3) is 0 Å². The van der Waals surface area contributed by atoms with Crippen molar-refractivity contribution in [2.45, 2.75) is 57.4 Å². The largest absolute Gasteiger partial charge is 0.329 e. The lowest BCUT2D eigenvalue weighted by molar-refractivity contribution is 0.183. The lowest BCUT2D eigenvalue weighted by Crippen LogP contribution is -2.42. The maximum atomic E-state index is 5.91. The number of hydrogen-bond donors (Lipinski definition) is 1. The third kappa shape index (κ3) is 4.76. The molecule has 0 aromatic heterocycles. The first kappa shape index (κ1) is 15.3. The van der Waals surface area contributed by atoms with Crippen molar-refractivity contribution in [3.05, 3.63) is 0 Å². The van der Waals surface area contributed by atoms with Crippen LogP contribution in [-0.4, -0.2) is 31.1 Å². The monoisotopic (exact) mass is 260 g/mol. The van der Waals surface area contributed by atoms with Gasteiger partial charge in [-0.2, -0.15) is 0 Å². The van der Waals surface area contributed by atoms with E-state index in [4.69, 9.17) is 5.73 Å². The van der Waals surface area contributed by atoms with Gasteiger partial charge in [0.05, 0.1) is 0 Å². The Morgan fingerprint density at radius 1 is 1.06 bits per heavy atom. The molecule has 0 aromatic carbocycles. The van der Waals surface area contributed by atoms with Crippen LogP contribution >= 0.6 is 12.4 Å². The summed E-state index contributed by atoms with van der Waals surface area (Å²) >= 11 is 0. The first-order valence-electron chi connectivity index (χ1n) is 7.21. The second-order valence-corrected chi connectivity index (χ2v) is 5.94. The van der Waals surface area contributed by atoms with Crippen molar-refractivity contribution >= 4 is 12.4 Å². The van der Waals surface area contributed by atoms with Crippen LogP contribution in [0.5, 0.6) is 0 Å². The normalized spacial score (nSPS) is 24.2. The first-order valence-corrected chi connectivity index (χ1v) is 7.21. The second kappa shape index (κ2) is 7.60. The second-order valence-electron chi connectivity index (χ2n) is 5.94. The van der Waals surface area contributed by atoms with Gasteiger partial charge in [0.15, 0.2) is 0 Å². The van der Waals surface area contributed by atoms with E-state index in [1.54, 1.807) is 0 Å². The summed E-state index contributed by atoms with van der Waals surface area (Å²) < 4.78 is 0. The van der Waals surface area contributed by atoms with Gasteiger partial charge in [-0.25, -0.2) is 0 Å². The van der Waals surface area contributed by atoms with Gasteiger partial charge < -0.3 is 10.6 Å². The summed E-state index contributed by atoms with van der Waals surface area (Å²) in [6, 6.07) is 0.670. The van der Waals surface area contributed by atoms with Crippen LogP contribution in [-0.2, 0) is 0 Å². The predicted molar refractivity (Wildman–Crippen MR) is 76.6 cm³/mol. The molecule has 2 N–H and O–H groups in total.